The molecule has 0 aromatic heterocycles. The van der Waals surface area contributed by atoms with Crippen LogP contribution < -0.4 is 25.6 Å². The second kappa shape index (κ2) is 11.6. The summed E-state index contributed by atoms with van der Waals surface area (Å²) in [5, 5.41) is 2.75. The molecule has 0 aliphatic rings. The minimum Gasteiger partial charge on any atom is -0.493 e. The first-order valence-electron chi connectivity index (χ1n) is 10.2. The van der Waals surface area contributed by atoms with Crippen molar-refractivity contribution in [1.82, 2.24) is 16.2 Å². The number of methoxy groups -OCH3 is 1. The molecule has 3 N–H and O–H groups in total. The average molecular weight is 428 g/mol. The maximum Gasteiger partial charge on any atom is 0.269 e. The van der Waals surface area contributed by atoms with Gasteiger partial charge in [0, 0.05) is 11.1 Å². The van der Waals surface area contributed by atoms with Crippen molar-refractivity contribution in [2.45, 2.75) is 33.2 Å². The first kappa shape index (κ1) is 23.7. The SMILES string of the molecule is CCOc1ccc(C(=O)NNC(=O)C(NC(=O)c2ccccc2)C(C)CC)cc1OC. The van der Waals surface area contributed by atoms with Gasteiger partial charge in [0.25, 0.3) is 17.7 Å². The van der Waals surface area contributed by atoms with E-state index >= 15 is 0 Å². The van der Waals surface area contributed by atoms with Crippen LogP contribution in [0, 0.1) is 5.92 Å². The predicted octanol–water partition coefficient (Wildman–Crippen LogP) is 2.70. The Kier molecular flexibility index (Phi) is 8.87. The van der Waals surface area contributed by atoms with Gasteiger partial charge in [-0.3, -0.25) is 25.2 Å². The fourth-order valence-electron chi connectivity index (χ4n) is 2.87. The van der Waals surface area contributed by atoms with E-state index < -0.39 is 17.9 Å². The Balaban J connectivity index is 2.05. The van der Waals surface area contributed by atoms with Crippen LogP contribution in [-0.4, -0.2) is 37.5 Å². The van der Waals surface area contributed by atoms with Crippen LogP contribution in [0.1, 0.15) is 47.9 Å². The Bertz CT molecular complexity index is 901. The highest BCUT2D eigenvalue weighted by atomic mass is 16.5. The second-order valence-corrected chi connectivity index (χ2v) is 6.94. The molecule has 2 atom stereocenters. The molecule has 3 amide bonds. The lowest BCUT2D eigenvalue weighted by molar-refractivity contribution is -0.124. The van der Waals surface area contributed by atoms with E-state index in [1.165, 1.54) is 13.2 Å². The fourth-order valence-corrected chi connectivity index (χ4v) is 2.87. The number of benzene rings is 2. The van der Waals surface area contributed by atoms with E-state index in [2.05, 4.69) is 16.2 Å². The minimum absolute atomic E-state index is 0.143. The van der Waals surface area contributed by atoms with Gasteiger partial charge in [0.1, 0.15) is 6.04 Å². The number of amides is 3. The number of hydrogen-bond acceptors (Lipinski definition) is 5. The molecule has 0 heterocycles. The van der Waals surface area contributed by atoms with Gasteiger partial charge in [-0.2, -0.15) is 0 Å². The van der Waals surface area contributed by atoms with E-state index in [0.717, 1.165) is 0 Å². The van der Waals surface area contributed by atoms with Gasteiger partial charge in [-0.15, -0.1) is 0 Å². The summed E-state index contributed by atoms with van der Waals surface area (Å²) in [6, 6.07) is 12.5. The number of ether oxygens (including phenoxy) is 2. The standard InChI is InChI=1S/C23H29N3O5/c1-5-15(3)20(24-21(27)16-10-8-7-9-11-16)23(29)26-25-22(28)17-12-13-18(31-6-2)19(14-17)30-4/h7-15,20H,5-6H2,1-4H3,(H,24,27)(H,25,28)(H,26,29). The van der Waals surface area contributed by atoms with Crippen molar-refractivity contribution in [1.29, 1.82) is 0 Å². The molecule has 2 unspecified atom stereocenters. The molecule has 2 aromatic rings. The van der Waals surface area contributed by atoms with Crippen LogP contribution in [0.3, 0.4) is 0 Å². The van der Waals surface area contributed by atoms with E-state index in [9.17, 15) is 14.4 Å². The average Bonchev–Trinajstić information content (AvgIpc) is 2.81. The van der Waals surface area contributed by atoms with E-state index in [-0.39, 0.29) is 17.4 Å². The largest absolute Gasteiger partial charge is 0.493 e. The van der Waals surface area contributed by atoms with Crippen LogP contribution in [0.2, 0.25) is 0 Å². The van der Waals surface area contributed by atoms with Gasteiger partial charge in [-0.1, -0.05) is 38.5 Å². The smallest absolute Gasteiger partial charge is 0.269 e. The number of carbonyl (C=O) groups excluding carboxylic acids is 3. The molecule has 2 aromatic carbocycles. The van der Waals surface area contributed by atoms with E-state index in [1.54, 1.807) is 42.5 Å². The molecule has 31 heavy (non-hydrogen) atoms. The highest BCUT2D eigenvalue weighted by Crippen LogP contribution is 2.27. The molecule has 0 saturated carbocycles. The molecular weight excluding hydrogens is 398 g/mol. The third-order valence-corrected chi connectivity index (χ3v) is 4.84. The zero-order valence-electron chi connectivity index (χ0n) is 18.2. The number of hydrogen-bond donors (Lipinski definition) is 3. The normalized spacial score (nSPS) is 12.3. The molecule has 8 heteroatoms. The van der Waals surface area contributed by atoms with Crippen LogP contribution in [0.25, 0.3) is 0 Å². The summed E-state index contributed by atoms with van der Waals surface area (Å²) < 4.78 is 10.7. The van der Waals surface area contributed by atoms with Crippen LogP contribution in [0.4, 0.5) is 0 Å². The molecule has 166 valence electrons. The molecule has 0 radical (unpaired) electrons. The maximum absolute atomic E-state index is 12.7. The van der Waals surface area contributed by atoms with Gasteiger partial charge < -0.3 is 14.8 Å². The Labute approximate surface area is 182 Å². The van der Waals surface area contributed by atoms with E-state index in [4.69, 9.17) is 9.47 Å². The number of carbonyl (C=O) groups is 3. The molecule has 0 aliphatic carbocycles. The van der Waals surface area contributed by atoms with Crippen molar-refractivity contribution in [3.63, 3.8) is 0 Å². The van der Waals surface area contributed by atoms with Crippen molar-refractivity contribution in [2.24, 2.45) is 5.92 Å². The van der Waals surface area contributed by atoms with Crippen molar-refractivity contribution >= 4 is 17.7 Å². The lowest BCUT2D eigenvalue weighted by atomic mass is 9.98. The van der Waals surface area contributed by atoms with Crippen LogP contribution >= 0.6 is 0 Å². The Morgan fingerprint density at radius 3 is 2.23 bits per heavy atom. The van der Waals surface area contributed by atoms with Crippen molar-refractivity contribution in [2.75, 3.05) is 13.7 Å². The lowest BCUT2D eigenvalue weighted by Crippen LogP contribution is -2.54. The van der Waals surface area contributed by atoms with Crippen molar-refractivity contribution < 1.29 is 23.9 Å². The van der Waals surface area contributed by atoms with Crippen LogP contribution in [0.15, 0.2) is 48.5 Å². The third kappa shape index (κ3) is 6.47. The number of nitrogens with one attached hydrogen (secondary N) is 3. The fraction of sp³-hybridized carbons (Fsp3) is 0.348. The van der Waals surface area contributed by atoms with Gasteiger partial charge in [0.2, 0.25) is 0 Å². The monoisotopic (exact) mass is 427 g/mol. The zero-order valence-corrected chi connectivity index (χ0v) is 18.2. The Morgan fingerprint density at radius 1 is 0.903 bits per heavy atom. The molecule has 0 fully saturated rings. The van der Waals surface area contributed by atoms with Gasteiger partial charge >= 0.3 is 0 Å². The summed E-state index contributed by atoms with van der Waals surface area (Å²) in [5.41, 5.74) is 5.53. The summed E-state index contributed by atoms with van der Waals surface area (Å²) >= 11 is 0. The Morgan fingerprint density at radius 2 is 1.61 bits per heavy atom. The molecule has 0 bridgehead atoms. The lowest BCUT2D eigenvalue weighted by Gasteiger charge is -2.23. The van der Waals surface area contributed by atoms with Gasteiger partial charge in [-0.25, -0.2) is 0 Å². The van der Waals surface area contributed by atoms with Crippen LogP contribution in [-0.2, 0) is 4.79 Å². The molecule has 0 saturated heterocycles. The first-order valence-corrected chi connectivity index (χ1v) is 10.2. The van der Waals surface area contributed by atoms with Crippen molar-refractivity contribution in [3.8, 4) is 11.5 Å². The second-order valence-electron chi connectivity index (χ2n) is 6.94. The number of hydrazine groups is 1. The first-order chi connectivity index (χ1) is 14.9. The predicted molar refractivity (Wildman–Crippen MR) is 117 cm³/mol. The molecule has 8 nitrogen and oxygen atoms in total. The summed E-state index contributed by atoms with van der Waals surface area (Å²) in [6.45, 7) is 6.09. The summed E-state index contributed by atoms with van der Waals surface area (Å²) in [4.78, 5) is 37.7. The molecule has 0 aliphatic heterocycles. The van der Waals surface area contributed by atoms with Gasteiger partial charge in [-0.05, 0) is 43.2 Å². The molecular formula is C23H29N3O5. The van der Waals surface area contributed by atoms with E-state index in [1.807, 2.05) is 20.8 Å². The summed E-state index contributed by atoms with van der Waals surface area (Å²) in [7, 11) is 1.48. The van der Waals surface area contributed by atoms with Gasteiger partial charge in [0.05, 0.1) is 13.7 Å². The highest BCUT2D eigenvalue weighted by Gasteiger charge is 2.27. The third-order valence-electron chi connectivity index (χ3n) is 4.84. The maximum atomic E-state index is 12.7. The number of rotatable bonds is 9. The van der Waals surface area contributed by atoms with Gasteiger partial charge in [0.15, 0.2) is 11.5 Å². The Hall–Kier alpha value is -3.55. The quantitative estimate of drug-likeness (QED) is 0.534. The van der Waals surface area contributed by atoms with E-state index in [0.29, 0.717) is 30.1 Å². The topological polar surface area (TPSA) is 106 Å². The summed E-state index contributed by atoms with van der Waals surface area (Å²) in [6.07, 6.45) is 0.664. The van der Waals surface area contributed by atoms with Crippen molar-refractivity contribution in [3.05, 3.63) is 59.7 Å². The zero-order chi connectivity index (χ0) is 22.8. The molecule has 0 spiro atoms. The van der Waals surface area contributed by atoms with Crippen LogP contribution in [0.5, 0.6) is 11.5 Å². The highest BCUT2D eigenvalue weighted by molar-refractivity contribution is 5.99. The minimum atomic E-state index is -0.812. The molecule has 2 rings (SSSR count). The summed E-state index contributed by atoms with van der Waals surface area (Å²) in [5.74, 6) is -0.602.